The van der Waals surface area contributed by atoms with E-state index in [1.807, 2.05) is 19.1 Å². The number of anilines is 1. The molecular weight excluding hydrogens is 286 g/mol. The van der Waals surface area contributed by atoms with Gasteiger partial charge in [-0.3, -0.25) is 10.1 Å². The normalized spacial score (nSPS) is 15.3. The lowest BCUT2D eigenvalue weighted by atomic mass is 10.2. The third kappa shape index (κ3) is 3.40. The van der Waals surface area contributed by atoms with Crippen LogP contribution in [0.3, 0.4) is 0 Å². The van der Waals surface area contributed by atoms with Crippen LogP contribution in [0.2, 0.25) is 0 Å². The summed E-state index contributed by atoms with van der Waals surface area (Å²) in [5, 5.41) is 3.48. The Balaban J connectivity index is 1.64. The molecule has 0 atom stereocenters. The van der Waals surface area contributed by atoms with Gasteiger partial charge < -0.3 is 9.32 Å². The molecule has 0 aromatic carbocycles. The molecule has 3 rings (SSSR count). The van der Waals surface area contributed by atoms with Crippen LogP contribution in [0.15, 0.2) is 22.6 Å². The number of rotatable bonds is 3. The molecule has 2 aromatic rings. The standard InChI is InChI=1S/C15H17N3O2S/c1-10-3-4-11(20-10)5-6-14(19)17-15-16-12-7-8-18(2)9-13(12)21-15/h3-6H,7-9H2,1-2H3,(H,16,17,19). The van der Waals surface area contributed by atoms with Crippen LogP contribution in [-0.2, 0) is 17.8 Å². The summed E-state index contributed by atoms with van der Waals surface area (Å²) in [6, 6.07) is 3.69. The van der Waals surface area contributed by atoms with E-state index in [0.717, 1.165) is 31.0 Å². The third-order valence-electron chi connectivity index (χ3n) is 3.31. The van der Waals surface area contributed by atoms with Gasteiger partial charge in [-0.15, -0.1) is 11.3 Å². The molecule has 6 heteroatoms. The molecular formula is C15H17N3O2S. The van der Waals surface area contributed by atoms with E-state index in [4.69, 9.17) is 4.42 Å². The van der Waals surface area contributed by atoms with Crippen molar-refractivity contribution in [2.45, 2.75) is 19.9 Å². The fourth-order valence-corrected chi connectivity index (χ4v) is 3.32. The van der Waals surface area contributed by atoms with Gasteiger partial charge in [0.1, 0.15) is 11.5 Å². The van der Waals surface area contributed by atoms with Crippen molar-refractivity contribution in [3.8, 4) is 0 Å². The van der Waals surface area contributed by atoms with Crippen LogP contribution in [0.1, 0.15) is 22.1 Å². The molecule has 0 bridgehead atoms. The number of carbonyl (C=O) groups is 1. The number of fused-ring (bicyclic) bond motifs is 1. The van der Waals surface area contributed by atoms with Gasteiger partial charge in [0.05, 0.1) is 5.69 Å². The highest BCUT2D eigenvalue weighted by Crippen LogP contribution is 2.27. The van der Waals surface area contributed by atoms with Gasteiger partial charge in [0.15, 0.2) is 5.13 Å². The van der Waals surface area contributed by atoms with E-state index in [0.29, 0.717) is 10.9 Å². The quantitative estimate of drug-likeness (QED) is 0.886. The Morgan fingerprint density at radius 3 is 3.14 bits per heavy atom. The Morgan fingerprint density at radius 1 is 1.52 bits per heavy atom. The summed E-state index contributed by atoms with van der Waals surface area (Å²) in [7, 11) is 2.09. The first-order valence-corrected chi connectivity index (χ1v) is 7.64. The van der Waals surface area contributed by atoms with Crippen LogP contribution in [0.25, 0.3) is 6.08 Å². The van der Waals surface area contributed by atoms with Crippen molar-refractivity contribution in [2.75, 3.05) is 18.9 Å². The summed E-state index contributed by atoms with van der Waals surface area (Å²) in [5.41, 5.74) is 1.11. The molecule has 1 amide bonds. The summed E-state index contributed by atoms with van der Waals surface area (Å²) < 4.78 is 5.38. The molecule has 0 saturated carbocycles. The summed E-state index contributed by atoms with van der Waals surface area (Å²) in [4.78, 5) is 19.9. The number of furan rings is 1. The van der Waals surface area contributed by atoms with Crippen LogP contribution in [0.4, 0.5) is 5.13 Å². The van der Waals surface area contributed by atoms with Crippen LogP contribution in [0.5, 0.6) is 0 Å². The molecule has 0 aliphatic carbocycles. The van der Waals surface area contributed by atoms with E-state index in [1.165, 1.54) is 11.0 Å². The second kappa shape index (κ2) is 5.83. The van der Waals surface area contributed by atoms with Gasteiger partial charge >= 0.3 is 0 Å². The highest BCUT2D eigenvalue weighted by Gasteiger charge is 2.18. The fourth-order valence-electron chi connectivity index (χ4n) is 2.22. The van der Waals surface area contributed by atoms with Gasteiger partial charge in [0, 0.05) is 30.5 Å². The maximum atomic E-state index is 11.9. The van der Waals surface area contributed by atoms with Gasteiger partial charge in [0.2, 0.25) is 5.91 Å². The summed E-state index contributed by atoms with van der Waals surface area (Å²) in [6.45, 7) is 3.79. The highest BCUT2D eigenvalue weighted by atomic mass is 32.1. The maximum Gasteiger partial charge on any atom is 0.250 e. The lowest BCUT2D eigenvalue weighted by Gasteiger charge is -2.20. The minimum Gasteiger partial charge on any atom is -0.462 e. The van der Waals surface area contributed by atoms with Crippen molar-refractivity contribution in [1.82, 2.24) is 9.88 Å². The topological polar surface area (TPSA) is 58.4 Å². The first-order chi connectivity index (χ1) is 10.1. The Bertz CT molecular complexity index is 687. The zero-order valence-corrected chi connectivity index (χ0v) is 12.9. The lowest BCUT2D eigenvalue weighted by Crippen LogP contribution is -2.25. The van der Waals surface area contributed by atoms with Crippen molar-refractivity contribution >= 4 is 28.5 Å². The highest BCUT2D eigenvalue weighted by molar-refractivity contribution is 7.15. The molecule has 0 saturated heterocycles. The van der Waals surface area contributed by atoms with Gasteiger partial charge in [-0.25, -0.2) is 4.98 Å². The Kier molecular flexibility index (Phi) is 3.90. The second-order valence-electron chi connectivity index (χ2n) is 5.15. The van der Waals surface area contributed by atoms with Crippen molar-refractivity contribution in [3.05, 3.63) is 40.3 Å². The number of aromatic nitrogens is 1. The monoisotopic (exact) mass is 303 g/mol. The predicted molar refractivity (Wildman–Crippen MR) is 83.3 cm³/mol. The molecule has 110 valence electrons. The molecule has 1 aliphatic heterocycles. The van der Waals surface area contributed by atoms with E-state index >= 15 is 0 Å². The van der Waals surface area contributed by atoms with Crippen molar-refractivity contribution in [1.29, 1.82) is 0 Å². The van der Waals surface area contributed by atoms with Crippen LogP contribution in [-0.4, -0.2) is 29.4 Å². The first-order valence-electron chi connectivity index (χ1n) is 6.83. The molecule has 0 fully saturated rings. The largest absolute Gasteiger partial charge is 0.462 e. The number of nitrogens with one attached hydrogen (secondary N) is 1. The van der Waals surface area contributed by atoms with Crippen LogP contribution >= 0.6 is 11.3 Å². The zero-order valence-electron chi connectivity index (χ0n) is 12.0. The van der Waals surface area contributed by atoms with E-state index in [2.05, 4.69) is 22.2 Å². The predicted octanol–water partition coefficient (Wildman–Crippen LogP) is 2.68. The molecule has 2 aromatic heterocycles. The second-order valence-corrected chi connectivity index (χ2v) is 6.23. The molecule has 5 nitrogen and oxygen atoms in total. The number of thiazole rings is 1. The molecule has 3 heterocycles. The average molecular weight is 303 g/mol. The number of hydrogen-bond acceptors (Lipinski definition) is 5. The molecule has 21 heavy (non-hydrogen) atoms. The minimum atomic E-state index is -0.191. The first kappa shape index (κ1) is 14.0. The Hall–Kier alpha value is -1.92. The van der Waals surface area contributed by atoms with Gasteiger partial charge in [-0.1, -0.05) is 0 Å². The Labute approximate surface area is 127 Å². The van der Waals surface area contributed by atoms with Crippen LogP contribution in [0, 0.1) is 6.92 Å². The number of hydrogen-bond donors (Lipinski definition) is 1. The van der Waals surface area contributed by atoms with E-state index in [1.54, 1.807) is 17.4 Å². The molecule has 1 aliphatic rings. The number of carbonyl (C=O) groups excluding carboxylic acids is 1. The van der Waals surface area contributed by atoms with Crippen molar-refractivity contribution < 1.29 is 9.21 Å². The lowest BCUT2D eigenvalue weighted by molar-refractivity contribution is -0.111. The van der Waals surface area contributed by atoms with Gasteiger partial charge in [-0.05, 0) is 32.2 Å². The van der Waals surface area contributed by atoms with Gasteiger partial charge in [-0.2, -0.15) is 0 Å². The number of nitrogens with zero attached hydrogens (tertiary/aromatic N) is 2. The SMILES string of the molecule is Cc1ccc(C=CC(=O)Nc2nc3c(s2)CN(C)CC3)o1. The minimum absolute atomic E-state index is 0.191. The summed E-state index contributed by atoms with van der Waals surface area (Å²) >= 11 is 1.55. The van der Waals surface area contributed by atoms with Crippen molar-refractivity contribution in [3.63, 3.8) is 0 Å². The fraction of sp³-hybridized carbons (Fsp3) is 0.333. The smallest absolute Gasteiger partial charge is 0.250 e. The summed E-state index contributed by atoms with van der Waals surface area (Å²) in [5.74, 6) is 1.30. The average Bonchev–Trinajstić information content (AvgIpc) is 3.01. The van der Waals surface area contributed by atoms with Gasteiger partial charge in [0.25, 0.3) is 0 Å². The van der Waals surface area contributed by atoms with E-state index < -0.39 is 0 Å². The number of aryl methyl sites for hydroxylation is 1. The molecule has 1 N–H and O–H groups in total. The molecule has 0 spiro atoms. The zero-order chi connectivity index (χ0) is 14.8. The number of amides is 1. The third-order valence-corrected chi connectivity index (χ3v) is 4.31. The Morgan fingerprint density at radius 2 is 2.38 bits per heavy atom. The van der Waals surface area contributed by atoms with Crippen LogP contribution < -0.4 is 5.32 Å². The maximum absolute atomic E-state index is 11.9. The van der Waals surface area contributed by atoms with E-state index in [-0.39, 0.29) is 5.91 Å². The van der Waals surface area contributed by atoms with Crippen molar-refractivity contribution in [2.24, 2.45) is 0 Å². The number of likely N-dealkylation sites (N-methyl/N-ethyl adjacent to an activating group) is 1. The van der Waals surface area contributed by atoms with E-state index in [9.17, 15) is 4.79 Å². The molecule has 0 unspecified atom stereocenters. The summed E-state index contributed by atoms with van der Waals surface area (Å²) in [6.07, 6.45) is 4.06. The molecule has 0 radical (unpaired) electrons.